The second kappa shape index (κ2) is 7.73. The van der Waals surface area contributed by atoms with Gasteiger partial charge in [-0.2, -0.15) is 0 Å². The molecule has 0 aromatic heterocycles. The highest BCUT2D eigenvalue weighted by atomic mass is 32.2. The number of amides is 2. The molecule has 0 heterocycles. The number of benzene rings is 2. The van der Waals surface area contributed by atoms with E-state index < -0.39 is 11.6 Å². The monoisotopic (exact) mass is 336 g/mol. The second-order valence-corrected chi connectivity index (χ2v) is 5.69. The zero-order chi connectivity index (χ0) is 16.8. The number of nitrogens with one attached hydrogen (secondary N) is 2. The Bertz CT molecular complexity index is 721. The van der Waals surface area contributed by atoms with Gasteiger partial charge in [-0.25, -0.2) is 8.78 Å². The lowest BCUT2D eigenvalue weighted by molar-refractivity contribution is -0.114. The number of anilines is 2. The third-order valence-electron chi connectivity index (χ3n) is 2.74. The van der Waals surface area contributed by atoms with E-state index in [-0.39, 0.29) is 22.5 Å². The van der Waals surface area contributed by atoms with E-state index in [1.54, 1.807) is 24.3 Å². The normalized spacial score (nSPS) is 10.2. The van der Waals surface area contributed by atoms with Crippen molar-refractivity contribution in [2.75, 3.05) is 16.4 Å². The molecule has 0 atom stereocenters. The van der Waals surface area contributed by atoms with Crippen LogP contribution in [0.1, 0.15) is 6.92 Å². The highest BCUT2D eigenvalue weighted by Gasteiger charge is 2.08. The maximum atomic E-state index is 13.4. The quantitative estimate of drug-likeness (QED) is 0.820. The number of carbonyl (C=O) groups excluding carboxylic acids is 2. The number of hydrogen-bond donors (Lipinski definition) is 2. The van der Waals surface area contributed by atoms with Crippen LogP contribution in [0.5, 0.6) is 0 Å². The van der Waals surface area contributed by atoms with Gasteiger partial charge in [0.1, 0.15) is 11.6 Å². The Hall–Kier alpha value is -2.41. The summed E-state index contributed by atoms with van der Waals surface area (Å²) in [6.07, 6.45) is 0. The van der Waals surface area contributed by atoms with E-state index in [0.29, 0.717) is 11.4 Å². The van der Waals surface area contributed by atoms with Crippen molar-refractivity contribution in [3.8, 4) is 0 Å². The van der Waals surface area contributed by atoms with Gasteiger partial charge >= 0.3 is 0 Å². The summed E-state index contributed by atoms with van der Waals surface area (Å²) in [5.41, 5.74) is 1.18. The van der Waals surface area contributed by atoms with Crippen molar-refractivity contribution in [1.82, 2.24) is 0 Å². The van der Waals surface area contributed by atoms with Crippen LogP contribution in [-0.2, 0) is 9.59 Å². The lowest BCUT2D eigenvalue weighted by atomic mass is 10.3. The summed E-state index contributed by atoms with van der Waals surface area (Å²) in [7, 11) is 0. The Balaban J connectivity index is 1.88. The Morgan fingerprint density at radius 2 is 1.61 bits per heavy atom. The van der Waals surface area contributed by atoms with Gasteiger partial charge in [0.15, 0.2) is 0 Å². The topological polar surface area (TPSA) is 58.2 Å². The summed E-state index contributed by atoms with van der Waals surface area (Å²) < 4.78 is 26.2. The van der Waals surface area contributed by atoms with Gasteiger partial charge in [-0.05, 0) is 36.4 Å². The standard InChI is InChI=1S/C16H14F2N2O2S/c1-10(21)19-12-3-5-13(6-4-12)20-16(22)9-23-15-7-2-11(17)8-14(15)18/h2-8H,9H2,1H3,(H,19,21)(H,20,22). The molecule has 120 valence electrons. The van der Waals surface area contributed by atoms with Crippen LogP contribution in [0.2, 0.25) is 0 Å². The summed E-state index contributed by atoms with van der Waals surface area (Å²) >= 11 is 0.984. The van der Waals surface area contributed by atoms with Crippen molar-refractivity contribution < 1.29 is 18.4 Å². The van der Waals surface area contributed by atoms with Crippen LogP contribution < -0.4 is 10.6 Å². The number of carbonyl (C=O) groups is 2. The van der Waals surface area contributed by atoms with Crippen LogP contribution >= 0.6 is 11.8 Å². The molecule has 2 amide bonds. The fraction of sp³-hybridized carbons (Fsp3) is 0.125. The molecule has 2 rings (SSSR count). The average Bonchev–Trinajstić information content (AvgIpc) is 2.48. The number of hydrogen-bond acceptors (Lipinski definition) is 3. The van der Waals surface area contributed by atoms with E-state index in [1.165, 1.54) is 13.0 Å². The SMILES string of the molecule is CC(=O)Nc1ccc(NC(=O)CSc2ccc(F)cc2F)cc1. The van der Waals surface area contributed by atoms with Crippen molar-refractivity contribution in [2.45, 2.75) is 11.8 Å². The van der Waals surface area contributed by atoms with Crippen molar-refractivity contribution in [3.05, 3.63) is 54.1 Å². The summed E-state index contributed by atoms with van der Waals surface area (Å²) in [6, 6.07) is 9.82. The molecule has 23 heavy (non-hydrogen) atoms. The average molecular weight is 336 g/mol. The molecule has 0 bridgehead atoms. The molecule has 0 radical (unpaired) electrons. The third kappa shape index (κ3) is 5.37. The molecule has 2 N–H and O–H groups in total. The Morgan fingerprint density at radius 3 is 2.17 bits per heavy atom. The van der Waals surface area contributed by atoms with Gasteiger partial charge < -0.3 is 10.6 Å². The lowest BCUT2D eigenvalue weighted by Crippen LogP contribution is -2.14. The first kappa shape index (κ1) is 17.0. The van der Waals surface area contributed by atoms with Crippen LogP contribution in [0, 0.1) is 11.6 Å². The predicted octanol–water partition coefficient (Wildman–Crippen LogP) is 3.65. The highest BCUT2D eigenvalue weighted by Crippen LogP contribution is 2.22. The number of rotatable bonds is 5. The minimum absolute atomic E-state index is 0.00397. The van der Waals surface area contributed by atoms with Gasteiger partial charge in [0.25, 0.3) is 0 Å². The molecule has 0 spiro atoms. The minimum atomic E-state index is -0.692. The van der Waals surface area contributed by atoms with E-state index >= 15 is 0 Å². The van der Waals surface area contributed by atoms with Gasteiger partial charge in [0.2, 0.25) is 11.8 Å². The lowest BCUT2D eigenvalue weighted by Gasteiger charge is -2.07. The van der Waals surface area contributed by atoms with Crippen LogP contribution in [0.3, 0.4) is 0 Å². The minimum Gasteiger partial charge on any atom is -0.326 e. The number of thioether (sulfide) groups is 1. The molecule has 2 aromatic carbocycles. The van der Waals surface area contributed by atoms with Gasteiger partial charge in [-0.15, -0.1) is 11.8 Å². The van der Waals surface area contributed by atoms with Crippen molar-refractivity contribution >= 4 is 35.0 Å². The van der Waals surface area contributed by atoms with E-state index in [4.69, 9.17) is 0 Å². The largest absolute Gasteiger partial charge is 0.326 e. The molecular formula is C16H14F2N2O2S. The van der Waals surface area contributed by atoms with E-state index in [0.717, 1.165) is 23.9 Å². The smallest absolute Gasteiger partial charge is 0.234 e. The summed E-state index contributed by atoms with van der Waals surface area (Å²) in [6.45, 7) is 1.40. The molecule has 4 nitrogen and oxygen atoms in total. The van der Waals surface area contributed by atoms with E-state index in [9.17, 15) is 18.4 Å². The summed E-state index contributed by atoms with van der Waals surface area (Å²) in [5, 5.41) is 5.27. The molecule has 0 aliphatic rings. The fourth-order valence-electron chi connectivity index (χ4n) is 1.77. The van der Waals surface area contributed by atoms with E-state index in [2.05, 4.69) is 10.6 Å². The van der Waals surface area contributed by atoms with Crippen LogP contribution in [-0.4, -0.2) is 17.6 Å². The molecule has 0 aliphatic carbocycles. The Kier molecular flexibility index (Phi) is 5.70. The zero-order valence-corrected chi connectivity index (χ0v) is 13.0. The first-order valence-corrected chi connectivity index (χ1v) is 7.68. The van der Waals surface area contributed by atoms with E-state index in [1.807, 2.05) is 0 Å². The molecule has 0 saturated carbocycles. The Morgan fingerprint density at radius 1 is 1.00 bits per heavy atom. The molecule has 0 saturated heterocycles. The summed E-state index contributed by atoms with van der Waals surface area (Å²) in [5.74, 6) is -1.85. The van der Waals surface area contributed by atoms with Gasteiger partial charge in [0, 0.05) is 29.3 Å². The first-order chi connectivity index (χ1) is 10.9. The molecular weight excluding hydrogens is 322 g/mol. The fourth-order valence-corrected chi connectivity index (χ4v) is 2.49. The van der Waals surface area contributed by atoms with Crippen LogP contribution in [0.25, 0.3) is 0 Å². The molecule has 2 aromatic rings. The maximum absolute atomic E-state index is 13.4. The van der Waals surface area contributed by atoms with Crippen molar-refractivity contribution in [2.24, 2.45) is 0 Å². The maximum Gasteiger partial charge on any atom is 0.234 e. The van der Waals surface area contributed by atoms with Gasteiger partial charge in [-0.1, -0.05) is 0 Å². The highest BCUT2D eigenvalue weighted by molar-refractivity contribution is 8.00. The van der Waals surface area contributed by atoms with Gasteiger partial charge in [-0.3, -0.25) is 9.59 Å². The zero-order valence-electron chi connectivity index (χ0n) is 12.2. The van der Waals surface area contributed by atoms with Crippen molar-refractivity contribution in [1.29, 1.82) is 0 Å². The Labute approximate surface area is 136 Å². The van der Waals surface area contributed by atoms with Gasteiger partial charge in [0.05, 0.1) is 5.75 Å². The molecule has 0 fully saturated rings. The first-order valence-electron chi connectivity index (χ1n) is 6.69. The van der Waals surface area contributed by atoms with Crippen LogP contribution in [0.4, 0.5) is 20.2 Å². The molecule has 7 heteroatoms. The predicted molar refractivity (Wildman–Crippen MR) is 86.5 cm³/mol. The number of halogens is 2. The third-order valence-corrected chi connectivity index (χ3v) is 3.79. The second-order valence-electron chi connectivity index (χ2n) is 4.67. The van der Waals surface area contributed by atoms with Crippen LogP contribution in [0.15, 0.2) is 47.4 Å². The molecule has 0 aliphatic heterocycles. The van der Waals surface area contributed by atoms with Crippen molar-refractivity contribution in [3.63, 3.8) is 0 Å². The summed E-state index contributed by atoms with van der Waals surface area (Å²) in [4.78, 5) is 22.9. The molecule has 0 unspecified atom stereocenters.